The number of nitrogens with zero attached hydrogens (tertiary/aromatic N) is 2. The van der Waals surface area contributed by atoms with Crippen molar-refractivity contribution >= 4 is 17.7 Å². The van der Waals surface area contributed by atoms with Gasteiger partial charge in [0, 0.05) is 12.3 Å². The molecule has 0 aliphatic heterocycles. The lowest BCUT2D eigenvalue weighted by molar-refractivity contribution is -0.167. The van der Waals surface area contributed by atoms with Crippen LogP contribution in [0.15, 0.2) is 0 Å². The molecule has 136 valence electrons. The highest BCUT2D eigenvalue weighted by atomic mass is 16.5. The predicted octanol–water partition coefficient (Wildman–Crippen LogP) is 2.01. The summed E-state index contributed by atoms with van der Waals surface area (Å²) in [4.78, 5) is 37.2. The summed E-state index contributed by atoms with van der Waals surface area (Å²) in [7, 11) is 2.13. The zero-order valence-electron chi connectivity index (χ0n) is 15.3. The predicted molar refractivity (Wildman–Crippen MR) is 86.5 cm³/mol. The number of esters is 2. The number of hydrogen-bond donors (Lipinski definition) is 0. The standard InChI is InChI=1S/C18H24N2O5/c1-17(2,3)11-6-7-14(21)12(8-11)18(10-20,16(23)25-5)13(9-19)15(22)24-4/h11-13H,6-8H2,1-5H3. The Kier molecular flexibility index (Phi) is 6.31. The number of carbonyl (C=O) groups excluding carboxylic acids is 3. The molecule has 0 aromatic carbocycles. The Balaban J connectivity index is 3.53. The Hall–Kier alpha value is -2.41. The largest absolute Gasteiger partial charge is 0.468 e. The van der Waals surface area contributed by atoms with Gasteiger partial charge >= 0.3 is 11.9 Å². The molecule has 0 aromatic rings. The van der Waals surface area contributed by atoms with Crippen LogP contribution in [0.2, 0.25) is 0 Å². The summed E-state index contributed by atoms with van der Waals surface area (Å²) in [5.41, 5.74) is -2.36. The number of methoxy groups -OCH3 is 2. The molecule has 1 rings (SSSR count). The van der Waals surface area contributed by atoms with Gasteiger partial charge in [-0.1, -0.05) is 20.8 Å². The maximum Gasteiger partial charge on any atom is 0.328 e. The second-order valence-corrected chi connectivity index (χ2v) is 7.41. The lowest BCUT2D eigenvalue weighted by atomic mass is 9.58. The molecule has 1 aliphatic carbocycles. The number of nitriles is 2. The van der Waals surface area contributed by atoms with Gasteiger partial charge < -0.3 is 9.47 Å². The summed E-state index contributed by atoms with van der Waals surface area (Å²) >= 11 is 0. The van der Waals surface area contributed by atoms with E-state index in [9.17, 15) is 24.9 Å². The summed E-state index contributed by atoms with van der Waals surface area (Å²) in [6.07, 6.45) is 1.06. The van der Waals surface area contributed by atoms with Gasteiger partial charge in [0.25, 0.3) is 0 Å². The zero-order valence-corrected chi connectivity index (χ0v) is 15.3. The molecule has 1 saturated carbocycles. The zero-order chi connectivity index (χ0) is 19.4. The average molecular weight is 348 g/mol. The van der Waals surface area contributed by atoms with Crippen molar-refractivity contribution in [1.82, 2.24) is 0 Å². The summed E-state index contributed by atoms with van der Waals surface area (Å²) in [6.45, 7) is 6.04. The van der Waals surface area contributed by atoms with Gasteiger partial charge in [0.1, 0.15) is 5.78 Å². The van der Waals surface area contributed by atoms with Gasteiger partial charge in [0.2, 0.25) is 0 Å². The van der Waals surface area contributed by atoms with Crippen LogP contribution in [0.25, 0.3) is 0 Å². The van der Waals surface area contributed by atoms with Crippen molar-refractivity contribution in [2.24, 2.45) is 28.6 Å². The van der Waals surface area contributed by atoms with E-state index in [4.69, 9.17) is 4.74 Å². The normalized spacial score (nSPS) is 24.2. The molecule has 7 nitrogen and oxygen atoms in total. The van der Waals surface area contributed by atoms with E-state index in [1.54, 1.807) is 12.1 Å². The van der Waals surface area contributed by atoms with Crippen LogP contribution in [0.4, 0.5) is 0 Å². The van der Waals surface area contributed by atoms with Crippen LogP contribution in [0.1, 0.15) is 40.0 Å². The minimum absolute atomic E-state index is 0.0598. The Labute approximate surface area is 147 Å². The molecular weight excluding hydrogens is 324 g/mol. The highest BCUT2D eigenvalue weighted by molar-refractivity contribution is 5.96. The van der Waals surface area contributed by atoms with Crippen molar-refractivity contribution in [1.29, 1.82) is 10.5 Å². The smallest absolute Gasteiger partial charge is 0.328 e. The molecule has 7 heteroatoms. The second-order valence-electron chi connectivity index (χ2n) is 7.41. The number of ether oxygens (including phenoxy) is 2. The third kappa shape index (κ3) is 3.66. The molecule has 0 saturated heterocycles. The van der Waals surface area contributed by atoms with Crippen molar-refractivity contribution in [2.75, 3.05) is 14.2 Å². The molecule has 0 heterocycles. The van der Waals surface area contributed by atoms with Crippen molar-refractivity contribution in [3.05, 3.63) is 0 Å². The van der Waals surface area contributed by atoms with Crippen molar-refractivity contribution in [3.63, 3.8) is 0 Å². The van der Waals surface area contributed by atoms with E-state index in [0.717, 1.165) is 14.2 Å². The lowest BCUT2D eigenvalue weighted by Crippen LogP contribution is -2.52. The van der Waals surface area contributed by atoms with E-state index >= 15 is 0 Å². The fourth-order valence-electron chi connectivity index (χ4n) is 3.53. The molecule has 0 bridgehead atoms. The van der Waals surface area contributed by atoms with Crippen LogP contribution < -0.4 is 0 Å². The van der Waals surface area contributed by atoms with Gasteiger partial charge in [-0.15, -0.1) is 0 Å². The highest BCUT2D eigenvalue weighted by Gasteiger charge is 2.61. The maximum absolute atomic E-state index is 12.6. The minimum Gasteiger partial charge on any atom is -0.468 e. The van der Waals surface area contributed by atoms with Gasteiger partial charge in [0.05, 0.1) is 26.4 Å². The SMILES string of the molecule is COC(=O)C(C#N)C(C#N)(C(=O)OC)C1CC(C(C)(C)C)CCC1=O. The van der Waals surface area contributed by atoms with E-state index in [-0.39, 0.29) is 30.0 Å². The Morgan fingerprint density at radius 1 is 1.20 bits per heavy atom. The fraction of sp³-hybridized carbons (Fsp3) is 0.722. The van der Waals surface area contributed by atoms with E-state index in [0.29, 0.717) is 6.42 Å². The fourth-order valence-corrected chi connectivity index (χ4v) is 3.53. The van der Waals surface area contributed by atoms with Gasteiger partial charge in [-0.3, -0.25) is 14.4 Å². The highest BCUT2D eigenvalue weighted by Crippen LogP contribution is 2.48. The molecule has 0 aromatic heterocycles. The van der Waals surface area contributed by atoms with Crippen molar-refractivity contribution < 1.29 is 23.9 Å². The molecular formula is C18H24N2O5. The number of carbonyl (C=O) groups is 3. The molecule has 0 spiro atoms. The Morgan fingerprint density at radius 2 is 1.80 bits per heavy atom. The molecule has 25 heavy (non-hydrogen) atoms. The van der Waals surface area contributed by atoms with Crippen molar-refractivity contribution in [3.8, 4) is 12.1 Å². The quantitative estimate of drug-likeness (QED) is 0.713. The topological polar surface area (TPSA) is 117 Å². The van der Waals surface area contributed by atoms with Crippen LogP contribution >= 0.6 is 0 Å². The lowest BCUT2D eigenvalue weighted by Gasteiger charge is -2.42. The number of ketones is 1. The van der Waals surface area contributed by atoms with Crippen LogP contribution in [-0.4, -0.2) is 31.9 Å². The van der Waals surface area contributed by atoms with E-state index in [1.165, 1.54) is 0 Å². The molecule has 4 unspecified atom stereocenters. The second kappa shape index (κ2) is 7.65. The first-order chi connectivity index (χ1) is 11.6. The number of rotatable bonds is 4. The third-order valence-electron chi connectivity index (χ3n) is 5.15. The van der Waals surface area contributed by atoms with E-state index in [1.807, 2.05) is 20.8 Å². The molecule has 0 N–H and O–H groups in total. The molecule has 0 radical (unpaired) electrons. The summed E-state index contributed by atoms with van der Waals surface area (Å²) in [6, 6.07) is 3.47. The van der Waals surface area contributed by atoms with Gasteiger partial charge in [-0.25, -0.2) is 0 Å². The van der Waals surface area contributed by atoms with Gasteiger partial charge in [-0.2, -0.15) is 10.5 Å². The van der Waals surface area contributed by atoms with E-state index in [2.05, 4.69) is 4.74 Å². The van der Waals surface area contributed by atoms with Crippen LogP contribution in [0, 0.1) is 51.2 Å². The number of Topliss-reactive ketones (excluding diaryl/α,β-unsaturated/α-hetero) is 1. The van der Waals surface area contributed by atoms with Gasteiger partial charge in [0.15, 0.2) is 11.3 Å². The molecule has 4 atom stereocenters. The van der Waals surface area contributed by atoms with Crippen LogP contribution in [0.5, 0.6) is 0 Å². The molecule has 1 aliphatic rings. The average Bonchev–Trinajstić information content (AvgIpc) is 2.58. The summed E-state index contributed by atoms with van der Waals surface area (Å²) in [5, 5.41) is 19.3. The summed E-state index contributed by atoms with van der Waals surface area (Å²) < 4.78 is 9.33. The maximum atomic E-state index is 12.6. The van der Waals surface area contributed by atoms with E-state index < -0.39 is 29.2 Å². The van der Waals surface area contributed by atoms with Crippen LogP contribution in [-0.2, 0) is 23.9 Å². The monoisotopic (exact) mass is 348 g/mol. The first kappa shape index (κ1) is 20.6. The Morgan fingerprint density at radius 3 is 2.20 bits per heavy atom. The van der Waals surface area contributed by atoms with Crippen molar-refractivity contribution in [2.45, 2.75) is 40.0 Å². The van der Waals surface area contributed by atoms with Crippen LogP contribution in [0.3, 0.4) is 0 Å². The first-order valence-corrected chi connectivity index (χ1v) is 8.09. The number of hydrogen-bond acceptors (Lipinski definition) is 7. The summed E-state index contributed by atoms with van der Waals surface area (Å²) in [5.74, 6) is -5.16. The Bertz CT molecular complexity index is 637. The third-order valence-corrected chi connectivity index (χ3v) is 5.15. The minimum atomic E-state index is -2.21. The molecule has 1 fully saturated rings. The van der Waals surface area contributed by atoms with Gasteiger partial charge in [-0.05, 0) is 24.2 Å². The first-order valence-electron chi connectivity index (χ1n) is 8.09. The molecule has 0 amide bonds.